The molecule has 0 unspecified atom stereocenters. The lowest BCUT2D eigenvalue weighted by Gasteiger charge is -2.45. The first-order valence-corrected chi connectivity index (χ1v) is 11.0. The molecule has 160 valence electrons. The quantitative estimate of drug-likeness (QED) is 0.665. The molecule has 0 atom stereocenters. The minimum absolute atomic E-state index is 0.125. The molecule has 2 aromatic rings. The molecule has 1 amide bonds. The number of hydrogen-bond donors (Lipinski definition) is 1. The lowest BCUT2D eigenvalue weighted by Crippen LogP contribution is -2.60. The summed E-state index contributed by atoms with van der Waals surface area (Å²) in [5.74, 6) is 0. The van der Waals surface area contributed by atoms with E-state index in [4.69, 9.17) is 27.9 Å². The van der Waals surface area contributed by atoms with E-state index in [0.29, 0.717) is 36.3 Å². The molecule has 1 fully saturated rings. The van der Waals surface area contributed by atoms with Crippen molar-refractivity contribution in [2.45, 2.75) is 24.8 Å². The second-order valence-corrected chi connectivity index (χ2v) is 9.06. The molecule has 4 rings (SSSR count). The summed E-state index contributed by atoms with van der Waals surface area (Å²) in [4.78, 5) is 15.2. The predicted molar refractivity (Wildman–Crippen MR) is 119 cm³/mol. The average molecular weight is 449 g/mol. The number of carboxylic acid groups (broad SMARTS) is 1. The third-order valence-corrected chi connectivity index (χ3v) is 6.64. The molecule has 0 radical (unpaired) electrons. The molecule has 1 aliphatic carbocycles. The van der Waals surface area contributed by atoms with Crippen LogP contribution in [0.5, 0.6) is 0 Å². The highest BCUT2D eigenvalue weighted by Crippen LogP contribution is 2.36. The van der Waals surface area contributed by atoms with Crippen LogP contribution >= 0.6 is 23.2 Å². The zero-order valence-electron chi connectivity index (χ0n) is 16.8. The molecule has 1 heterocycles. The second-order valence-electron chi connectivity index (χ2n) is 8.18. The Morgan fingerprint density at radius 1 is 1.00 bits per heavy atom. The Morgan fingerprint density at radius 3 is 2.17 bits per heavy atom. The van der Waals surface area contributed by atoms with Gasteiger partial charge in [0.15, 0.2) is 0 Å². The van der Waals surface area contributed by atoms with Gasteiger partial charge in [-0.05, 0) is 54.2 Å². The van der Waals surface area contributed by atoms with Crippen LogP contribution in [0.25, 0.3) is 0 Å². The first-order valence-electron chi connectivity index (χ1n) is 10.3. The average Bonchev–Trinajstić information content (AvgIpc) is 3.10. The van der Waals surface area contributed by atoms with Crippen molar-refractivity contribution in [3.8, 4) is 0 Å². The Hall–Kier alpha value is -1.79. The maximum absolute atomic E-state index is 11.3. The van der Waals surface area contributed by atoms with Crippen molar-refractivity contribution in [1.82, 2.24) is 9.80 Å². The van der Waals surface area contributed by atoms with Crippen molar-refractivity contribution in [2.24, 2.45) is 0 Å². The summed E-state index contributed by atoms with van der Waals surface area (Å²) in [5.41, 5.74) is 3.67. The number of ether oxygens (including phenoxy) is 1. The summed E-state index contributed by atoms with van der Waals surface area (Å²) in [7, 11) is 0. The van der Waals surface area contributed by atoms with Crippen LogP contribution < -0.4 is 0 Å². The van der Waals surface area contributed by atoms with Gasteiger partial charge in [0, 0.05) is 36.2 Å². The van der Waals surface area contributed by atoms with Crippen LogP contribution in [0, 0.1) is 0 Å². The molecule has 1 N–H and O–H groups in total. The summed E-state index contributed by atoms with van der Waals surface area (Å²) in [6.07, 6.45) is 1.77. The van der Waals surface area contributed by atoms with Gasteiger partial charge in [-0.1, -0.05) is 47.5 Å². The molecule has 0 saturated carbocycles. The Kier molecular flexibility index (Phi) is 6.54. The summed E-state index contributed by atoms with van der Waals surface area (Å²) in [6.45, 7) is 3.73. The van der Waals surface area contributed by atoms with Gasteiger partial charge in [0.05, 0.1) is 18.8 Å². The zero-order valence-corrected chi connectivity index (χ0v) is 18.3. The molecule has 7 heteroatoms. The fourth-order valence-electron chi connectivity index (χ4n) is 4.67. The molecular weight excluding hydrogens is 423 g/mol. The number of halogens is 2. The number of carbonyl (C=O) groups is 1. The van der Waals surface area contributed by atoms with Gasteiger partial charge in [-0.3, -0.25) is 4.90 Å². The van der Waals surface area contributed by atoms with Gasteiger partial charge in [0.25, 0.3) is 0 Å². The van der Waals surface area contributed by atoms with E-state index >= 15 is 0 Å². The highest BCUT2D eigenvalue weighted by atomic mass is 35.5. The van der Waals surface area contributed by atoms with Crippen LogP contribution in [0.2, 0.25) is 10.0 Å². The van der Waals surface area contributed by atoms with Gasteiger partial charge < -0.3 is 14.7 Å². The number of hydrogen-bond acceptors (Lipinski definition) is 3. The smallest absolute Gasteiger partial charge is 0.407 e. The number of rotatable bonds is 6. The van der Waals surface area contributed by atoms with Crippen molar-refractivity contribution in [3.05, 3.63) is 69.2 Å². The first-order chi connectivity index (χ1) is 14.4. The molecule has 5 nitrogen and oxygen atoms in total. The number of piperazine rings is 1. The van der Waals surface area contributed by atoms with E-state index in [1.807, 2.05) is 12.1 Å². The van der Waals surface area contributed by atoms with Gasteiger partial charge >= 0.3 is 6.09 Å². The van der Waals surface area contributed by atoms with Gasteiger partial charge in [0.1, 0.15) is 0 Å². The maximum Gasteiger partial charge on any atom is 0.407 e. The zero-order chi connectivity index (χ0) is 21.1. The number of benzene rings is 2. The Bertz CT molecular complexity index is 868. The van der Waals surface area contributed by atoms with E-state index in [-0.39, 0.29) is 5.54 Å². The molecule has 0 spiro atoms. The van der Waals surface area contributed by atoms with Crippen molar-refractivity contribution in [3.63, 3.8) is 0 Å². The SMILES string of the molecule is O=C(O)N1CCN(C2(COCCc3cc(Cl)cc(Cl)c3)Cc3ccccc3C2)CC1. The summed E-state index contributed by atoms with van der Waals surface area (Å²) in [5, 5.41) is 10.6. The van der Waals surface area contributed by atoms with Crippen LogP contribution in [0.1, 0.15) is 16.7 Å². The number of nitrogens with zero attached hydrogens (tertiary/aromatic N) is 2. The third kappa shape index (κ3) is 4.75. The lowest BCUT2D eigenvalue weighted by molar-refractivity contribution is -0.0236. The summed E-state index contributed by atoms with van der Waals surface area (Å²) >= 11 is 12.2. The molecule has 2 aliphatic rings. The Morgan fingerprint density at radius 2 is 1.60 bits per heavy atom. The van der Waals surface area contributed by atoms with Gasteiger partial charge in [-0.15, -0.1) is 0 Å². The Labute approximate surface area is 187 Å². The van der Waals surface area contributed by atoms with Crippen LogP contribution in [-0.4, -0.2) is 65.9 Å². The van der Waals surface area contributed by atoms with Gasteiger partial charge in [0.2, 0.25) is 0 Å². The standard InChI is InChI=1S/C23H26Cl2N2O3/c24-20-11-17(12-21(25)13-20)5-10-30-16-23(14-18-3-1-2-4-19(18)15-23)27-8-6-26(7-9-27)22(28)29/h1-4,11-13H,5-10,14-16H2,(H,28,29). The molecular formula is C23H26Cl2N2O3. The maximum atomic E-state index is 11.3. The largest absolute Gasteiger partial charge is 0.465 e. The van der Waals surface area contributed by atoms with Crippen LogP contribution in [0.15, 0.2) is 42.5 Å². The fraction of sp³-hybridized carbons (Fsp3) is 0.435. The first kappa shape index (κ1) is 21.4. The molecule has 1 saturated heterocycles. The minimum Gasteiger partial charge on any atom is -0.465 e. The van der Waals surface area contributed by atoms with E-state index < -0.39 is 6.09 Å². The molecule has 2 aromatic carbocycles. The van der Waals surface area contributed by atoms with Gasteiger partial charge in [-0.25, -0.2) is 4.79 Å². The van der Waals surface area contributed by atoms with E-state index in [2.05, 4.69) is 29.2 Å². The Balaban J connectivity index is 1.42. The fourth-order valence-corrected chi connectivity index (χ4v) is 5.24. The van der Waals surface area contributed by atoms with Crippen LogP contribution in [-0.2, 0) is 24.0 Å². The van der Waals surface area contributed by atoms with E-state index in [1.54, 1.807) is 6.07 Å². The van der Waals surface area contributed by atoms with E-state index in [1.165, 1.54) is 16.0 Å². The topological polar surface area (TPSA) is 53.0 Å². The number of amides is 1. The van der Waals surface area contributed by atoms with E-state index in [0.717, 1.165) is 37.9 Å². The van der Waals surface area contributed by atoms with Crippen molar-refractivity contribution >= 4 is 29.3 Å². The van der Waals surface area contributed by atoms with Crippen LogP contribution in [0.3, 0.4) is 0 Å². The van der Waals surface area contributed by atoms with Crippen LogP contribution in [0.4, 0.5) is 4.79 Å². The third-order valence-electron chi connectivity index (χ3n) is 6.21. The monoisotopic (exact) mass is 448 g/mol. The van der Waals surface area contributed by atoms with Crippen molar-refractivity contribution in [2.75, 3.05) is 39.4 Å². The molecule has 0 aromatic heterocycles. The number of fused-ring (bicyclic) bond motifs is 1. The minimum atomic E-state index is -0.838. The van der Waals surface area contributed by atoms with E-state index in [9.17, 15) is 9.90 Å². The van der Waals surface area contributed by atoms with Crippen molar-refractivity contribution in [1.29, 1.82) is 0 Å². The van der Waals surface area contributed by atoms with Gasteiger partial charge in [-0.2, -0.15) is 0 Å². The summed E-state index contributed by atoms with van der Waals surface area (Å²) in [6, 6.07) is 14.1. The lowest BCUT2D eigenvalue weighted by atomic mass is 9.93. The normalized spacial score (nSPS) is 18.4. The second kappa shape index (κ2) is 9.15. The van der Waals surface area contributed by atoms with Crippen molar-refractivity contribution < 1.29 is 14.6 Å². The highest BCUT2D eigenvalue weighted by molar-refractivity contribution is 6.34. The molecule has 0 bridgehead atoms. The molecule has 1 aliphatic heterocycles. The summed E-state index contributed by atoms with van der Waals surface area (Å²) < 4.78 is 6.21. The molecule has 30 heavy (non-hydrogen) atoms. The highest BCUT2D eigenvalue weighted by Gasteiger charge is 2.43. The predicted octanol–water partition coefficient (Wildman–Crippen LogP) is 4.39.